The summed E-state index contributed by atoms with van der Waals surface area (Å²) >= 11 is 0. The molecule has 2 aromatic heterocycles. The maximum Gasteiger partial charge on any atom is 0.267 e. The average molecular weight is 442 g/mol. The SMILES string of the molecule is CN1CC[C@@](O)(C#Cc2cccc(-c3ccc4c(CN5CCCC5)cnc(N)c4n3)c2)C1=O. The van der Waals surface area contributed by atoms with E-state index in [2.05, 4.69) is 27.8 Å². The molecule has 5 rings (SSSR count). The van der Waals surface area contributed by atoms with E-state index in [-0.39, 0.29) is 5.91 Å². The Morgan fingerprint density at radius 1 is 1.18 bits per heavy atom. The Morgan fingerprint density at radius 3 is 2.76 bits per heavy atom. The van der Waals surface area contributed by atoms with Gasteiger partial charge in [-0.15, -0.1) is 0 Å². The van der Waals surface area contributed by atoms with Gasteiger partial charge in [-0.3, -0.25) is 9.69 Å². The molecule has 7 heteroatoms. The number of nitrogens with zero attached hydrogens (tertiary/aromatic N) is 4. The second-order valence-corrected chi connectivity index (χ2v) is 8.91. The van der Waals surface area contributed by atoms with Crippen LogP contribution in [0, 0.1) is 11.8 Å². The molecule has 0 saturated carbocycles. The first-order valence-electron chi connectivity index (χ1n) is 11.3. The van der Waals surface area contributed by atoms with Crippen molar-refractivity contribution < 1.29 is 9.90 Å². The number of benzene rings is 1. The van der Waals surface area contributed by atoms with Crippen LogP contribution >= 0.6 is 0 Å². The van der Waals surface area contributed by atoms with Crippen LogP contribution in [0.3, 0.4) is 0 Å². The first-order valence-corrected chi connectivity index (χ1v) is 11.3. The number of fused-ring (bicyclic) bond motifs is 1. The molecule has 4 heterocycles. The van der Waals surface area contributed by atoms with Crippen molar-refractivity contribution in [3.8, 4) is 23.1 Å². The molecule has 7 nitrogen and oxygen atoms in total. The number of aliphatic hydroxyl groups is 1. The van der Waals surface area contributed by atoms with Crippen molar-refractivity contribution in [2.24, 2.45) is 0 Å². The van der Waals surface area contributed by atoms with E-state index in [1.165, 1.54) is 17.7 Å². The molecule has 0 bridgehead atoms. The lowest BCUT2D eigenvalue weighted by molar-refractivity contribution is -0.137. The number of aromatic nitrogens is 2. The smallest absolute Gasteiger partial charge is 0.267 e. The van der Waals surface area contributed by atoms with Crippen molar-refractivity contribution in [3.05, 3.63) is 53.7 Å². The number of pyridine rings is 2. The van der Waals surface area contributed by atoms with Crippen LogP contribution in [0.15, 0.2) is 42.6 Å². The molecule has 1 atom stereocenters. The van der Waals surface area contributed by atoms with Gasteiger partial charge in [-0.05, 0) is 49.7 Å². The molecule has 33 heavy (non-hydrogen) atoms. The molecule has 0 unspecified atom stereocenters. The van der Waals surface area contributed by atoms with Gasteiger partial charge in [0.2, 0.25) is 5.60 Å². The van der Waals surface area contributed by atoms with Crippen LogP contribution in [-0.4, -0.2) is 63.1 Å². The fourth-order valence-electron chi connectivity index (χ4n) is 4.56. The molecule has 1 amide bonds. The third kappa shape index (κ3) is 4.15. The largest absolute Gasteiger partial charge is 0.382 e. The number of hydrogen-bond acceptors (Lipinski definition) is 6. The Labute approximate surface area is 193 Å². The fourth-order valence-corrected chi connectivity index (χ4v) is 4.56. The Bertz CT molecular complexity index is 1290. The van der Waals surface area contributed by atoms with Gasteiger partial charge in [-0.2, -0.15) is 0 Å². The van der Waals surface area contributed by atoms with Crippen molar-refractivity contribution in [1.29, 1.82) is 0 Å². The molecule has 1 aromatic carbocycles. The standard InChI is InChI=1S/C26H27N5O2/c1-30-14-11-26(33,25(30)32)10-9-18-5-4-6-19(15-18)22-8-7-21-20(17-31-12-2-3-13-31)16-28-24(27)23(21)29-22/h4-8,15-16,33H,2-3,11-14,17H2,1H3,(H2,27,28)/t26-/m0/s1. The summed E-state index contributed by atoms with van der Waals surface area (Å²) in [5, 5.41) is 11.6. The summed E-state index contributed by atoms with van der Waals surface area (Å²) in [6.07, 6.45) is 4.65. The van der Waals surface area contributed by atoms with Gasteiger partial charge in [0.05, 0.1) is 5.69 Å². The monoisotopic (exact) mass is 441 g/mol. The van der Waals surface area contributed by atoms with Crippen LogP contribution in [0.2, 0.25) is 0 Å². The molecule has 0 spiro atoms. The van der Waals surface area contributed by atoms with E-state index < -0.39 is 5.60 Å². The first kappa shape index (κ1) is 21.4. The maximum atomic E-state index is 12.2. The number of likely N-dealkylation sites (N-methyl/N-ethyl adjacent to an activating group) is 1. The third-order valence-corrected chi connectivity index (χ3v) is 6.52. The quantitative estimate of drug-likeness (QED) is 0.606. The number of anilines is 1. The highest BCUT2D eigenvalue weighted by Gasteiger charge is 2.42. The predicted molar refractivity (Wildman–Crippen MR) is 128 cm³/mol. The van der Waals surface area contributed by atoms with Crippen molar-refractivity contribution in [3.63, 3.8) is 0 Å². The highest BCUT2D eigenvalue weighted by atomic mass is 16.3. The second-order valence-electron chi connectivity index (χ2n) is 8.91. The van der Waals surface area contributed by atoms with Gasteiger partial charge in [0, 0.05) is 49.3 Å². The average Bonchev–Trinajstić information content (AvgIpc) is 3.44. The molecule has 3 aromatic rings. The first-order chi connectivity index (χ1) is 15.9. The van der Waals surface area contributed by atoms with Crippen LogP contribution in [0.4, 0.5) is 5.82 Å². The number of carbonyl (C=O) groups excluding carboxylic acids is 1. The fraction of sp³-hybridized carbons (Fsp3) is 0.346. The maximum absolute atomic E-state index is 12.2. The summed E-state index contributed by atoms with van der Waals surface area (Å²) in [7, 11) is 1.67. The highest BCUT2D eigenvalue weighted by Crippen LogP contribution is 2.28. The summed E-state index contributed by atoms with van der Waals surface area (Å²) in [5.74, 6) is 5.81. The van der Waals surface area contributed by atoms with E-state index in [0.29, 0.717) is 29.9 Å². The van der Waals surface area contributed by atoms with Gasteiger partial charge < -0.3 is 15.7 Å². The minimum atomic E-state index is -1.61. The molecule has 168 valence electrons. The minimum absolute atomic E-state index is 0.313. The number of amides is 1. The lowest BCUT2D eigenvalue weighted by Crippen LogP contribution is -2.37. The van der Waals surface area contributed by atoms with Crippen molar-refractivity contribution in [2.45, 2.75) is 31.4 Å². The highest BCUT2D eigenvalue weighted by molar-refractivity contribution is 5.92. The zero-order chi connectivity index (χ0) is 23.0. The van der Waals surface area contributed by atoms with Gasteiger partial charge in [0.15, 0.2) is 0 Å². The molecule has 3 N–H and O–H groups in total. The molecule has 2 aliphatic rings. The number of hydrogen-bond donors (Lipinski definition) is 2. The van der Waals surface area contributed by atoms with Gasteiger partial charge in [0.1, 0.15) is 11.3 Å². The van der Waals surface area contributed by atoms with Gasteiger partial charge in [-0.1, -0.05) is 30.0 Å². The molecule has 0 aliphatic carbocycles. The molecule has 2 aliphatic heterocycles. The minimum Gasteiger partial charge on any atom is -0.382 e. The topological polar surface area (TPSA) is 95.6 Å². The van der Waals surface area contributed by atoms with Gasteiger partial charge >= 0.3 is 0 Å². The van der Waals surface area contributed by atoms with Crippen molar-refractivity contribution in [2.75, 3.05) is 32.4 Å². The van der Waals surface area contributed by atoms with E-state index in [1.54, 1.807) is 7.05 Å². The summed E-state index contributed by atoms with van der Waals surface area (Å²) in [4.78, 5) is 25.3. The molecule has 0 radical (unpaired) electrons. The molecule has 2 saturated heterocycles. The normalized spacial score (nSPS) is 20.9. The van der Waals surface area contributed by atoms with E-state index in [0.717, 1.165) is 41.8 Å². The third-order valence-electron chi connectivity index (χ3n) is 6.52. The van der Waals surface area contributed by atoms with E-state index in [1.807, 2.05) is 36.5 Å². The summed E-state index contributed by atoms with van der Waals surface area (Å²) in [5.41, 5.74) is 8.78. The van der Waals surface area contributed by atoms with Crippen molar-refractivity contribution >= 4 is 22.6 Å². The molecular weight excluding hydrogens is 414 g/mol. The summed E-state index contributed by atoms with van der Waals surface area (Å²) < 4.78 is 0. The van der Waals surface area contributed by atoms with E-state index >= 15 is 0 Å². The number of nitrogen functional groups attached to an aromatic ring is 1. The summed E-state index contributed by atoms with van der Waals surface area (Å²) in [6.45, 7) is 3.58. The number of carbonyl (C=O) groups is 1. The number of likely N-dealkylation sites (tertiary alicyclic amines) is 2. The van der Waals surface area contributed by atoms with Gasteiger partial charge in [0.25, 0.3) is 5.91 Å². The number of rotatable bonds is 3. The lowest BCUT2D eigenvalue weighted by atomic mass is 10.0. The van der Waals surface area contributed by atoms with Crippen LogP contribution in [-0.2, 0) is 11.3 Å². The van der Waals surface area contributed by atoms with Crippen LogP contribution < -0.4 is 5.73 Å². The van der Waals surface area contributed by atoms with E-state index in [9.17, 15) is 9.90 Å². The lowest BCUT2D eigenvalue weighted by Gasteiger charge is -2.16. The van der Waals surface area contributed by atoms with E-state index in [4.69, 9.17) is 10.7 Å². The van der Waals surface area contributed by atoms with Gasteiger partial charge in [-0.25, -0.2) is 9.97 Å². The second kappa shape index (κ2) is 8.47. The summed E-state index contributed by atoms with van der Waals surface area (Å²) in [6, 6.07) is 11.7. The predicted octanol–water partition coefficient (Wildman–Crippen LogP) is 2.42. The Morgan fingerprint density at radius 2 is 2.00 bits per heavy atom. The Kier molecular flexibility index (Phi) is 5.49. The van der Waals surface area contributed by atoms with Crippen LogP contribution in [0.25, 0.3) is 22.2 Å². The zero-order valence-corrected chi connectivity index (χ0v) is 18.7. The Balaban J connectivity index is 1.46. The van der Waals surface area contributed by atoms with Crippen LogP contribution in [0.5, 0.6) is 0 Å². The molecule has 2 fully saturated rings. The van der Waals surface area contributed by atoms with Crippen LogP contribution in [0.1, 0.15) is 30.4 Å². The van der Waals surface area contributed by atoms with Crippen molar-refractivity contribution in [1.82, 2.24) is 19.8 Å². The Hall–Kier alpha value is -3.47. The number of nitrogens with two attached hydrogens (primary N) is 1. The zero-order valence-electron chi connectivity index (χ0n) is 18.7. The molecular formula is C26H27N5O2.